The van der Waals surface area contributed by atoms with Gasteiger partial charge in [0.2, 0.25) is 0 Å². The first-order chi connectivity index (χ1) is 13.8. The molecule has 5 nitrogen and oxygen atoms in total. The van der Waals surface area contributed by atoms with E-state index in [1.807, 2.05) is 6.26 Å². The number of anilines is 1. The van der Waals surface area contributed by atoms with Crippen LogP contribution >= 0.6 is 23.1 Å². The van der Waals surface area contributed by atoms with Crippen LogP contribution in [0.3, 0.4) is 0 Å². The first kappa shape index (κ1) is 18.6. The van der Waals surface area contributed by atoms with Crippen molar-refractivity contribution in [2.24, 2.45) is 0 Å². The predicted molar refractivity (Wildman–Crippen MR) is 118 cm³/mol. The number of rotatable bonds is 6. The number of thiophene rings is 1. The van der Waals surface area contributed by atoms with Gasteiger partial charge in [0.25, 0.3) is 0 Å². The molecule has 1 N–H and O–H groups in total. The minimum atomic E-state index is 0.288. The monoisotopic (exact) mass is 414 g/mol. The average molecular weight is 415 g/mol. The maximum absolute atomic E-state index is 5.79. The molecule has 0 spiro atoms. The summed E-state index contributed by atoms with van der Waals surface area (Å²) >= 11 is 3.35. The SMILES string of the molecule is CCCc1nc2sc3c(NC[C@H]4CCCO4)nc(SC)nc3c2c2c1CCC2. The summed E-state index contributed by atoms with van der Waals surface area (Å²) in [6.45, 7) is 3.92. The van der Waals surface area contributed by atoms with Crippen LogP contribution in [-0.2, 0) is 24.0 Å². The molecule has 0 aromatic carbocycles. The molecule has 3 aromatic rings. The Hall–Kier alpha value is -1.44. The second kappa shape index (κ2) is 7.76. The molecule has 3 aromatic heterocycles. The van der Waals surface area contributed by atoms with Crippen LogP contribution in [0.4, 0.5) is 5.82 Å². The van der Waals surface area contributed by atoms with Crippen LogP contribution in [-0.4, -0.2) is 40.5 Å². The van der Waals surface area contributed by atoms with Crippen LogP contribution in [0.2, 0.25) is 0 Å². The Balaban J connectivity index is 1.66. The van der Waals surface area contributed by atoms with E-state index < -0.39 is 0 Å². The molecular weight excluding hydrogens is 388 g/mol. The van der Waals surface area contributed by atoms with E-state index in [1.54, 1.807) is 23.1 Å². The van der Waals surface area contributed by atoms with Gasteiger partial charge in [-0.1, -0.05) is 25.1 Å². The van der Waals surface area contributed by atoms with Crippen LogP contribution in [0, 0.1) is 0 Å². The Kier molecular flexibility index (Phi) is 5.15. The van der Waals surface area contributed by atoms with Crippen molar-refractivity contribution >= 4 is 49.3 Å². The van der Waals surface area contributed by atoms with Gasteiger partial charge in [0.05, 0.1) is 16.3 Å². The molecule has 148 valence electrons. The van der Waals surface area contributed by atoms with Crippen molar-refractivity contribution in [3.05, 3.63) is 16.8 Å². The lowest BCUT2D eigenvalue weighted by atomic mass is 10.0. The zero-order chi connectivity index (χ0) is 19.1. The topological polar surface area (TPSA) is 59.9 Å². The van der Waals surface area contributed by atoms with Crippen LogP contribution in [0.15, 0.2) is 5.16 Å². The first-order valence-corrected chi connectivity index (χ1v) is 12.4. The van der Waals surface area contributed by atoms with Crippen LogP contribution in [0.25, 0.3) is 20.4 Å². The van der Waals surface area contributed by atoms with E-state index in [0.29, 0.717) is 0 Å². The number of thioether (sulfide) groups is 1. The van der Waals surface area contributed by atoms with Crippen molar-refractivity contribution in [1.29, 1.82) is 0 Å². The van der Waals surface area contributed by atoms with E-state index in [1.165, 1.54) is 28.6 Å². The number of hydrogen-bond acceptors (Lipinski definition) is 7. The van der Waals surface area contributed by atoms with Crippen LogP contribution in [0.1, 0.15) is 49.4 Å². The first-order valence-electron chi connectivity index (χ1n) is 10.3. The zero-order valence-corrected chi connectivity index (χ0v) is 18.1. The van der Waals surface area contributed by atoms with Crippen molar-refractivity contribution in [2.75, 3.05) is 24.7 Å². The summed E-state index contributed by atoms with van der Waals surface area (Å²) in [6.07, 6.45) is 10.4. The van der Waals surface area contributed by atoms with Crippen molar-refractivity contribution in [3.63, 3.8) is 0 Å². The number of nitrogens with zero attached hydrogens (tertiary/aromatic N) is 3. The maximum atomic E-state index is 5.79. The van der Waals surface area contributed by atoms with Gasteiger partial charge in [-0.05, 0) is 55.9 Å². The highest BCUT2D eigenvalue weighted by molar-refractivity contribution is 7.98. The second-order valence-electron chi connectivity index (χ2n) is 7.65. The summed E-state index contributed by atoms with van der Waals surface area (Å²) in [5.41, 5.74) is 5.38. The number of aryl methyl sites for hydroxylation is 2. The minimum Gasteiger partial charge on any atom is -0.376 e. The molecule has 4 heterocycles. The lowest BCUT2D eigenvalue weighted by Gasteiger charge is -2.12. The van der Waals surface area contributed by atoms with E-state index in [4.69, 9.17) is 19.7 Å². The van der Waals surface area contributed by atoms with E-state index in [9.17, 15) is 0 Å². The highest BCUT2D eigenvalue weighted by atomic mass is 32.2. The molecule has 0 bridgehead atoms. The molecule has 0 unspecified atom stereocenters. The Labute approximate surface area is 173 Å². The molecule has 7 heteroatoms. The Morgan fingerprint density at radius 1 is 1.18 bits per heavy atom. The summed E-state index contributed by atoms with van der Waals surface area (Å²) in [5.74, 6) is 0.941. The van der Waals surface area contributed by atoms with Crippen molar-refractivity contribution in [1.82, 2.24) is 15.0 Å². The third kappa shape index (κ3) is 3.17. The fraction of sp³-hybridized carbons (Fsp3) is 0.571. The highest BCUT2D eigenvalue weighted by Crippen LogP contribution is 2.42. The molecule has 0 saturated carbocycles. The number of aromatic nitrogens is 3. The van der Waals surface area contributed by atoms with Crippen molar-refractivity contribution in [3.8, 4) is 0 Å². The van der Waals surface area contributed by atoms with E-state index >= 15 is 0 Å². The number of fused-ring (bicyclic) bond motifs is 5. The molecule has 0 amide bonds. The predicted octanol–water partition coefficient (Wildman–Crippen LogP) is 4.99. The zero-order valence-electron chi connectivity index (χ0n) is 16.5. The maximum Gasteiger partial charge on any atom is 0.189 e. The third-order valence-electron chi connectivity index (χ3n) is 5.79. The fourth-order valence-electron chi connectivity index (χ4n) is 4.49. The van der Waals surface area contributed by atoms with Gasteiger partial charge in [0.15, 0.2) is 5.16 Å². The molecule has 5 rings (SSSR count). The van der Waals surface area contributed by atoms with E-state index in [-0.39, 0.29) is 6.10 Å². The van der Waals surface area contributed by atoms with Crippen molar-refractivity contribution < 1.29 is 4.74 Å². The average Bonchev–Trinajstić information content (AvgIpc) is 3.44. The second-order valence-corrected chi connectivity index (χ2v) is 9.43. The highest BCUT2D eigenvalue weighted by Gasteiger charge is 2.25. The van der Waals surface area contributed by atoms with Crippen LogP contribution in [0.5, 0.6) is 0 Å². The minimum absolute atomic E-state index is 0.288. The number of ether oxygens (including phenoxy) is 1. The van der Waals surface area contributed by atoms with Gasteiger partial charge in [-0.15, -0.1) is 11.3 Å². The van der Waals surface area contributed by atoms with Gasteiger partial charge in [-0.3, -0.25) is 0 Å². The summed E-state index contributed by atoms with van der Waals surface area (Å²) in [6, 6.07) is 0. The number of hydrogen-bond donors (Lipinski definition) is 1. The molecule has 1 aliphatic carbocycles. The molecule has 0 radical (unpaired) electrons. The quantitative estimate of drug-likeness (QED) is 0.453. The molecule has 28 heavy (non-hydrogen) atoms. The van der Waals surface area contributed by atoms with Gasteiger partial charge in [0, 0.05) is 24.2 Å². The summed E-state index contributed by atoms with van der Waals surface area (Å²) in [5, 5.41) is 5.67. The van der Waals surface area contributed by atoms with Gasteiger partial charge >= 0.3 is 0 Å². The molecule has 1 aliphatic heterocycles. The number of nitrogens with one attached hydrogen (secondary N) is 1. The summed E-state index contributed by atoms with van der Waals surface area (Å²) < 4.78 is 6.93. The fourth-order valence-corrected chi connectivity index (χ4v) is 5.99. The lowest BCUT2D eigenvalue weighted by molar-refractivity contribution is 0.120. The van der Waals surface area contributed by atoms with Gasteiger partial charge in [0.1, 0.15) is 10.6 Å². The smallest absolute Gasteiger partial charge is 0.189 e. The molecule has 2 aliphatic rings. The van der Waals surface area contributed by atoms with Crippen molar-refractivity contribution in [2.45, 2.75) is 63.1 Å². The van der Waals surface area contributed by atoms with Gasteiger partial charge in [-0.25, -0.2) is 15.0 Å². The third-order valence-corrected chi connectivity index (χ3v) is 7.42. The summed E-state index contributed by atoms with van der Waals surface area (Å²) in [4.78, 5) is 16.0. The largest absolute Gasteiger partial charge is 0.376 e. The normalized spacial score (nSPS) is 19.0. The number of pyridine rings is 1. The molecule has 1 saturated heterocycles. The van der Waals surface area contributed by atoms with Gasteiger partial charge < -0.3 is 10.1 Å². The molecule has 1 atom stereocenters. The Morgan fingerprint density at radius 3 is 2.86 bits per heavy atom. The van der Waals surface area contributed by atoms with Gasteiger partial charge in [-0.2, -0.15) is 0 Å². The Morgan fingerprint density at radius 2 is 2.07 bits per heavy atom. The van der Waals surface area contributed by atoms with E-state index in [2.05, 4.69) is 12.2 Å². The van der Waals surface area contributed by atoms with E-state index in [0.717, 1.165) is 77.7 Å². The standard InChI is InChI=1S/C21H26N4OS2/c1-3-6-15-13-8-4-9-14(13)16-17-18(28-20(16)23-15)19(25-21(24-17)27-2)22-11-12-7-5-10-26-12/h12H,3-11H2,1-2H3,(H,22,24,25)/t12-/m1/s1. The summed E-state index contributed by atoms with van der Waals surface area (Å²) in [7, 11) is 0. The molecule has 1 fully saturated rings. The van der Waals surface area contributed by atoms with Crippen LogP contribution < -0.4 is 5.32 Å². The molecular formula is C21H26N4OS2. The Bertz CT molecular complexity index is 1030. The lowest BCUT2D eigenvalue weighted by Crippen LogP contribution is -2.19.